The molecule has 0 saturated carbocycles. The number of carbonyl (C=O) groups is 1. The molecule has 174 valence electrons. The van der Waals surface area contributed by atoms with Gasteiger partial charge in [0.1, 0.15) is 5.75 Å². The van der Waals surface area contributed by atoms with Crippen molar-refractivity contribution in [3.63, 3.8) is 0 Å². The van der Waals surface area contributed by atoms with Crippen LogP contribution in [0.25, 0.3) is 17.1 Å². The molecule has 0 aliphatic carbocycles. The van der Waals surface area contributed by atoms with E-state index in [4.69, 9.17) is 4.74 Å². The fourth-order valence-corrected chi connectivity index (χ4v) is 4.45. The maximum absolute atomic E-state index is 12.4. The Balaban J connectivity index is 1.44. The van der Waals surface area contributed by atoms with Crippen LogP contribution in [0.5, 0.6) is 5.75 Å². The van der Waals surface area contributed by atoms with Gasteiger partial charge in [-0.05, 0) is 67.8 Å². The zero-order valence-corrected chi connectivity index (χ0v) is 20.4. The summed E-state index contributed by atoms with van der Waals surface area (Å²) in [6.45, 7) is 4.11. The Morgan fingerprint density at radius 1 is 0.971 bits per heavy atom. The van der Waals surface area contributed by atoms with Gasteiger partial charge in [0.15, 0.2) is 11.0 Å². The molecule has 0 fully saturated rings. The van der Waals surface area contributed by atoms with Crippen LogP contribution in [0.2, 0.25) is 0 Å². The van der Waals surface area contributed by atoms with Crippen molar-refractivity contribution in [1.82, 2.24) is 14.8 Å². The number of hydrogen-bond donors (Lipinski definition) is 1. The van der Waals surface area contributed by atoms with Crippen molar-refractivity contribution in [2.75, 3.05) is 18.2 Å². The standard InChI is InChI=1S/C27H28N4O2S/c1-19-14-15-22(17-20(19)2)28-25(32)13-8-16-34-27-30-29-26(21-9-7-12-24(18-21)33-3)31(27)23-10-5-4-6-11-23/h4-7,9-12,14-15,17-18H,8,13,16H2,1-3H3,(H,28,32). The fraction of sp³-hybridized carbons (Fsp3) is 0.222. The number of methoxy groups -OCH3 is 1. The molecule has 0 atom stereocenters. The summed E-state index contributed by atoms with van der Waals surface area (Å²) in [4.78, 5) is 12.4. The van der Waals surface area contributed by atoms with Gasteiger partial charge in [-0.1, -0.05) is 48.2 Å². The van der Waals surface area contributed by atoms with Gasteiger partial charge in [0.25, 0.3) is 0 Å². The van der Waals surface area contributed by atoms with Crippen molar-refractivity contribution in [2.45, 2.75) is 31.8 Å². The quantitative estimate of drug-likeness (QED) is 0.236. The lowest BCUT2D eigenvalue weighted by Crippen LogP contribution is -2.11. The maximum atomic E-state index is 12.4. The molecule has 1 N–H and O–H groups in total. The summed E-state index contributed by atoms with van der Waals surface area (Å²) in [7, 11) is 1.65. The van der Waals surface area contributed by atoms with Gasteiger partial charge in [0.05, 0.1) is 7.11 Å². The number of benzene rings is 3. The van der Waals surface area contributed by atoms with Crippen LogP contribution < -0.4 is 10.1 Å². The molecule has 0 radical (unpaired) electrons. The first kappa shape index (κ1) is 23.6. The minimum absolute atomic E-state index is 0.0189. The minimum atomic E-state index is 0.0189. The summed E-state index contributed by atoms with van der Waals surface area (Å²) >= 11 is 1.60. The Morgan fingerprint density at radius 3 is 2.56 bits per heavy atom. The molecule has 0 aliphatic heterocycles. The predicted octanol–water partition coefficient (Wildman–Crippen LogP) is 6.07. The molecule has 0 bridgehead atoms. The van der Waals surface area contributed by atoms with E-state index in [-0.39, 0.29) is 5.91 Å². The van der Waals surface area contributed by atoms with Crippen molar-refractivity contribution < 1.29 is 9.53 Å². The molecule has 0 saturated heterocycles. The van der Waals surface area contributed by atoms with Gasteiger partial charge in [-0.2, -0.15) is 0 Å². The summed E-state index contributed by atoms with van der Waals surface area (Å²) in [6.07, 6.45) is 1.18. The van der Waals surface area contributed by atoms with Crippen LogP contribution in [0.3, 0.4) is 0 Å². The molecule has 7 heteroatoms. The van der Waals surface area contributed by atoms with Crippen molar-refractivity contribution >= 4 is 23.4 Å². The van der Waals surface area contributed by atoms with Gasteiger partial charge in [0, 0.05) is 29.1 Å². The van der Waals surface area contributed by atoms with Crippen molar-refractivity contribution in [3.05, 3.63) is 83.9 Å². The van der Waals surface area contributed by atoms with Crippen LogP contribution in [0.15, 0.2) is 78.0 Å². The topological polar surface area (TPSA) is 69.0 Å². The molecule has 1 aromatic heterocycles. The second kappa shape index (κ2) is 11.0. The highest BCUT2D eigenvalue weighted by molar-refractivity contribution is 7.99. The first-order valence-corrected chi connectivity index (χ1v) is 12.2. The Hall–Kier alpha value is -3.58. The molecule has 1 amide bonds. The van der Waals surface area contributed by atoms with Crippen LogP contribution in [0.1, 0.15) is 24.0 Å². The third-order valence-corrected chi connectivity index (χ3v) is 6.56. The fourth-order valence-electron chi connectivity index (χ4n) is 3.56. The average molecular weight is 473 g/mol. The number of aromatic nitrogens is 3. The number of nitrogens with one attached hydrogen (secondary N) is 1. The van der Waals surface area contributed by atoms with Crippen LogP contribution in [0.4, 0.5) is 5.69 Å². The lowest BCUT2D eigenvalue weighted by molar-refractivity contribution is -0.116. The number of ether oxygens (including phenoxy) is 1. The summed E-state index contributed by atoms with van der Waals surface area (Å²) in [5, 5.41) is 12.7. The average Bonchev–Trinajstić information content (AvgIpc) is 3.28. The normalized spacial score (nSPS) is 10.8. The van der Waals surface area contributed by atoms with Gasteiger partial charge in [-0.25, -0.2) is 0 Å². The van der Waals surface area contributed by atoms with E-state index in [1.165, 1.54) is 11.1 Å². The molecule has 34 heavy (non-hydrogen) atoms. The summed E-state index contributed by atoms with van der Waals surface area (Å²) in [6, 6.07) is 23.8. The highest BCUT2D eigenvalue weighted by atomic mass is 32.2. The SMILES string of the molecule is COc1cccc(-c2nnc(SCCCC(=O)Nc3ccc(C)c(C)c3)n2-c2ccccc2)c1. The zero-order chi connectivity index (χ0) is 23.9. The number of rotatable bonds is 9. The van der Waals surface area contributed by atoms with Crippen LogP contribution in [0, 0.1) is 13.8 Å². The highest BCUT2D eigenvalue weighted by Gasteiger charge is 2.16. The van der Waals surface area contributed by atoms with Crippen LogP contribution in [-0.4, -0.2) is 33.5 Å². The number of amides is 1. The number of para-hydroxylation sites is 1. The van der Waals surface area contributed by atoms with Gasteiger partial charge < -0.3 is 10.1 Å². The maximum Gasteiger partial charge on any atom is 0.224 e. The Labute approximate surface area is 204 Å². The summed E-state index contributed by atoms with van der Waals surface area (Å²) in [5.74, 6) is 2.29. The first-order chi connectivity index (χ1) is 16.5. The molecule has 3 aromatic carbocycles. The lowest BCUT2D eigenvalue weighted by Gasteiger charge is -2.11. The smallest absolute Gasteiger partial charge is 0.224 e. The number of anilines is 1. The van der Waals surface area contributed by atoms with Gasteiger partial charge in [0.2, 0.25) is 5.91 Å². The van der Waals surface area contributed by atoms with Crippen molar-refractivity contribution in [2.24, 2.45) is 0 Å². The summed E-state index contributed by atoms with van der Waals surface area (Å²) in [5.41, 5.74) is 5.13. The van der Waals surface area contributed by atoms with Crippen LogP contribution in [-0.2, 0) is 4.79 Å². The second-order valence-electron chi connectivity index (χ2n) is 8.01. The third-order valence-electron chi connectivity index (χ3n) is 5.55. The van der Waals surface area contributed by atoms with Gasteiger partial charge in [-0.15, -0.1) is 10.2 Å². The van der Waals surface area contributed by atoms with E-state index in [0.717, 1.165) is 45.8 Å². The van der Waals surface area contributed by atoms with E-state index < -0.39 is 0 Å². The Bertz CT molecular complexity index is 1270. The van der Waals surface area contributed by atoms with Gasteiger partial charge >= 0.3 is 0 Å². The molecular formula is C27H28N4O2S. The number of carbonyl (C=O) groups excluding carboxylic acids is 1. The van der Waals surface area contributed by atoms with E-state index in [1.54, 1.807) is 18.9 Å². The molecule has 0 spiro atoms. The lowest BCUT2D eigenvalue weighted by atomic mass is 10.1. The zero-order valence-electron chi connectivity index (χ0n) is 19.6. The number of thioether (sulfide) groups is 1. The van der Waals surface area contributed by atoms with E-state index >= 15 is 0 Å². The Morgan fingerprint density at radius 2 is 1.79 bits per heavy atom. The first-order valence-electron chi connectivity index (χ1n) is 11.2. The summed E-state index contributed by atoms with van der Waals surface area (Å²) < 4.78 is 7.44. The largest absolute Gasteiger partial charge is 0.497 e. The van der Waals surface area contributed by atoms with E-state index in [1.807, 2.05) is 79.7 Å². The predicted molar refractivity (Wildman–Crippen MR) is 138 cm³/mol. The third kappa shape index (κ3) is 5.66. The van der Waals surface area contributed by atoms with E-state index in [0.29, 0.717) is 6.42 Å². The second-order valence-corrected chi connectivity index (χ2v) is 9.07. The van der Waals surface area contributed by atoms with Gasteiger partial charge in [-0.3, -0.25) is 9.36 Å². The molecule has 4 rings (SSSR count). The van der Waals surface area contributed by atoms with E-state index in [9.17, 15) is 4.79 Å². The highest BCUT2D eigenvalue weighted by Crippen LogP contribution is 2.30. The molecule has 0 aliphatic rings. The molecule has 0 unspecified atom stereocenters. The minimum Gasteiger partial charge on any atom is -0.497 e. The van der Waals surface area contributed by atoms with Crippen LogP contribution >= 0.6 is 11.8 Å². The molecule has 6 nitrogen and oxygen atoms in total. The number of hydrogen-bond acceptors (Lipinski definition) is 5. The number of nitrogens with zero attached hydrogens (tertiary/aromatic N) is 3. The Kier molecular flexibility index (Phi) is 7.65. The molecular weight excluding hydrogens is 444 g/mol. The molecule has 4 aromatic rings. The molecule has 1 heterocycles. The van der Waals surface area contributed by atoms with E-state index in [2.05, 4.69) is 27.0 Å². The van der Waals surface area contributed by atoms with Crippen molar-refractivity contribution in [1.29, 1.82) is 0 Å². The number of aryl methyl sites for hydroxylation is 2. The monoisotopic (exact) mass is 472 g/mol. The van der Waals surface area contributed by atoms with Crippen molar-refractivity contribution in [3.8, 4) is 22.8 Å².